The second-order valence-corrected chi connectivity index (χ2v) is 14.2. The summed E-state index contributed by atoms with van der Waals surface area (Å²) in [4.78, 5) is 33.7. The molecule has 0 aliphatic carbocycles. The van der Waals surface area contributed by atoms with Crippen molar-refractivity contribution in [1.29, 1.82) is 0 Å². The minimum Gasteiger partial charge on any atom is -0.475 e. The molecule has 16 heteroatoms. The molecule has 4 aliphatic rings. The van der Waals surface area contributed by atoms with E-state index in [-0.39, 0.29) is 41.4 Å². The van der Waals surface area contributed by atoms with E-state index in [0.29, 0.717) is 43.2 Å². The SMILES string of the molecule is O=C(O)C(F)(F)F.O=C1Cc2cc(C(=O)NC3C[C@H]4CC[C@@H](C3)N4S(=O)(=O)N3CCC(NCc4ccccc4)CC3)c(Cl)cc2N1. The van der Waals surface area contributed by atoms with Gasteiger partial charge in [-0.2, -0.15) is 30.2 Å². The van der Waals surface area contributed by atoms with E-state index in [1.165, 1.54) is 5.56 Å². The first-order chi connectivity index (χ1) is 21.7. The van der Waals surface area contributed by atoms with Crippen LogP contribution in [0.15, 0.2) is 42.5 Å². The van der Waals surface area contributed by atoms with Crippen molar-refractivity contribution < 1.29 is 41.1 Å². The number of fused-ring (bicyclic) bond motifs is 3. The van der Waals surface area contributed by atoms with Gasteiger partial charge in [0.15, 0.2) is 0 Å². The number of benzene rings is 2. The maximum Gasteiger partial charge on any atom is 0.490 e. The average Bonchev–Trinajstić information content (AvgIpc) is 3.51. The summed E-state index contributed by atoms with van der Waals surface area (Å²) < 4.78 is 62.5. The zero-order valence-electron chi connectivity index (χ0n) is 24.7. The van der Waals surface area contributed by atoms with Gasteiger partial charge in [0.2, 0.25) is 5.91 Å². The van der Waals surface area contributed by atoms with Gasteiger partial charge < -0.3 is 21.1 Å². The predicted molar refractivity (Wildman–Crippen MR) is 163 cm³/mol. The Kier molecular flexibility index (Phi) is 10.3. The van der Waals surface area contributed by atoms with Crippen LogP contribution in [0.2, 0.25) is 5.02 Å². The lowest BCUT2D eigenvalue weighted by Crippen LogP contribution is -2.57. The number of halogens is 4. The van der Waals surface area contributed by atoms with Crippen molar-refractivity contribution >= 4 is 45.3 Å². The number of nitrogens with one attached hydrogen (secondary N) is 3. The van der Waals surface area contributed by atoms with Gasteiger partial charge in [-0.15, -0.1) is 0 Å². The van der Waals surface area contributed by atoms with Crippen LogP contribution in [-0.2, 0) is 32.8 Å². The Morgan fingerprint density at radius 2 is 1.61 bits per heavy atom. The highest BCUT2D eigenvalue weighted by Gasteiger charge is 2.49. The maximum atomic E-state index is 13.7. The molecular formula is C30H35ClF3N5O6S. The molecule has 250 valence electrons. The molecule has 3 atom stereocenters. The van der Waals surface area contributed by atoms with E-state index >= 15 is 0 Å². The van der Waals surface area contributed by atoms with Gasteiger partial charge in [0.1, 0.15) is 0 Å². The zero-order chi connectivity index (χ0) is 33.2. The summed E-state index contributed by atoms with van der Waals surface area (Å²) in [6.07, 6.45) is -0.503. The molecule has 0 saturated carbocycles. The van der Waals surface area contributed by atoms with Gasteiger partial charge in [-0.25, -0.2) is 4.79 Å². The van der Waals surface area contributed by atoms with Crippen LogP contribution in [0.1, 0.15) is 60.0 Å². The Bertz CT molecular complexity index is 1560. The highest BCUT2D eigenvalue weighted by molar-refractivity contribution is 7.86. The van der Waals surface area contributed by atoms with Gasteiger partial charge in [-0.1, -0.05) is 41.9 Å². The van der Waals surface area contributed by atoms with E-state index in [0.717, 1.165) is 37.8 Å². The number of nitrogens with zero attached hydrogens (tertiary/aromatic N) is 2. The molecular weight excluding hydrogens is 651 g/mol. The third-order valence-electron chi connectivity index (χ3n) is 8.79. The summed E-state index contributed by atoms with van der Waals surface area (Å²) in [6, 6.07) is 13.5. The van der Waals surface area contributed by atoms with Crippen molar-refractivity contribution in [3.05, 3.63) is 64.2 Å². The third-order valence-corrected chi connectivity index (χ3v) is 11.3. The van der Waals surface area contributed by atoms with E-state index in [1.54, 1.807) is 20.7 Å². The number of hydrogen-bond acceptors (Lipinski definition) is 6. The highest BCUT2D eigenvalue weighted by Crippen LogP contribution is 2.39. The summed E-state index contributed by atoms with van der Waals surface area (Å²) in [6.45, 7) is 1.81. The normalized spacial score (nSPS) is 23.7. The smallest absolute Gasteiger partial charge is 0.475 e. The summed E-state index contributed by atoms with van der Waals surface area (Å²) >= 11 is 6.36. The van der Waals surface area contributed by atoms with Gasteiger partial charge in [-0.05, 0) is 61.8 Å². The molecule has 4 N–H and O–H groups in total. The van der Waals surface area contributed by atoms with Crippen LogP contribution in [0.25, 0.3) is 0 Å². The van der Waals surface area contributed by atoms with Gasteiger partial charge in [-0.3, -0.25) is 9.59 Å². The van der Waals surface area contributed by atoms with Crippen LogP contribution in [0, 0.1) is 0 Å². The summed E-state index contributed by atoms with van der Waals surface area (Å²) in [5.74, 6) is -3.16. The fraction of sp³-hybridized carbons (Fsp3) is 0.500. The number of piperidine rings is 2. The molecule has 3 fully saturated rings. The van der Waals surface area contributed by atoms with Crippen LogP contribution in [0.3, 0.4) is 0 Å². The Balaban J connectivity index is 0.000000537. The number of aliphatic carboxylic acids is 1. The topological polar surface area (TPSA) is 148 Å². The van der Waals surface area contributed by atoms with Gasteiger partial charge in [0, 0.05) is 49.5 Å². The van der Waals surface area contributed by atoms with Crippen molar-refractivity contribution in [3.63, 3.8) is 0 Å². The van der Waals surface area contributed by atoms with Crippen molar-refractivity contribution in [1.82, 2.24) is 19.2 Å². The van der Waals surface area contributed by atoms with Crippen LogP contribution in [-0.4, -0.2) is 83.4 Å². The molecule has 4 heterocycles. The summed E-state index contributed by atoms with van der Waals surface area (Å²) in [5, 5.41) is 16.8. The minimum absolute atomic E-state index is 0.114. The third kappa shape index (κ3) is 7.82. The number of hydrogen-bond donors (Lipinski definition) is 4. The van der Waals surface area contributed by atoms with Gasteiger partial charge in [0.05, 0.1) is 17.0 Å². The van der Waals surface area contributed by atoms with E-state index in [4.69, 9.17) is 21.5 Å². The summed E-state index contributed by atoms with van der Waals surface area (Å²) in [5.41, 5.74) is 2.98. The second-order valence-electron chi connectivity index (χ2n) is 11.9. The largest absolute Gasteiger partial charge is 0.490 e. The van der Waals surface area contributed by atoms with Crippen molar-refractivity contribution in [3.8, 4) is 0 Å². The Morgan fingerprint density at radius 3 is 2.20 bits per heavy atom. The predicted octanol–water partition coefficient (Wildman–Crippen LogP) is 3.69. The fourth-order valence-corrected chi connectivity index (χ4v) is 8.92. The van der Waals surface area contributed by atoms with Crippen LogP contribution in [0.5, 0.6) is 0 Å². The lowest BCUT2D eigenvalue weighted by molar-refractivity contribution is -0.192. The molecule has 2 aromatic rings. The molecule has 1 unspecified atom stereocenters. The van der Waals surface area contributed by atoms with E-state index < -0.39 is 22.4 Å². The van der Waals surface area contributed by atoms with Crippen LogP contribution < -0.4 is 16.0 Å². The monoisotopic (exact) mass is 685 g/mol. The molecule has 46 heavy (non-hydrogen) atoms. The Hall–Kier alpha value is -3.24. The Morgan fingerprint density at radius 1 is 1.00 bits per heavy atom. The molecule has 2 bridgehead atoms. The first-order valence-electron chi connectivity index (χ1n) is 15.0. The minimum atomic E-state index is -5.08. The lowest BCUT2D eigenvalue weighted by atomic mass is 9.99. The molecule has 0 spiro atoms. The lowest BCUT2D eigenvalue weighted by Gasteiger charge is -2.42. The molecule has 3 saturated heterocycles. The first kappa shape index (κ1) is 34.1. The molecule has 0 radical (unpaired) electrons. The fourth-order valence-electron chi connectivity index (χ4n) is 6.60. The van der Waals surface area contributed by atoms with Gasteiger partial charge >= 0.3 is 12.1 Å². The number of rotatable bonds is 7. The zero-order valence-corrected chi connectivity index (χ0v) is 26.3. The van der Waals surface area contributed by atoms with Crippen molar-refractivity contribution in [2.45, 2.75) is 81.8 Å². The van der Waals surface area contributed by atoms with Crippen molar-refractivity contribution in [2.75, 3.05) is 18.4 Å². The number of alkyl halides is 3. The van der Waals surface area contributed by atoms with Gasteiger partial charge in [0.25, 0.3) is 16.1 Å². The van der Waals surface area contributed by atoms with E-state index in [2.05, 4.69) is 28.1 Å². The number of amides is 2. The molecule has 6 rings (SSSR count). The molecule has 0 aromatic heterocycles. The number of carboxylic acids is 1. The summed E-state index contributed by atoms with van der Waals surface area (Å²) in [7, 11) is -3.57. The molecule has 4 aliphatic heterocycles. The molecule has 2 aromatic carbocycles. The van der Waals surface area contributed by atoms with Crippen LogP contribution in [0.4, 0.5) is 18.9 Å². The average molecular weight is 686 g/mol. The standard InChI is InChI=1S/C28H34ClN5O4S.C2HF3O2/c29-25-16-26-19(13-27(35)32-26)12-24(25)28(36)31-21-14-22-6-7-23(15-21)34(22)39(37,38)33-10-8-20(9-11-33)30-17-18-4-2-1-3-5-18;3-2(4,5)1(6)7/h1-5,12,16,20-23,30H,6-11,13-15,17H2,(H,31,36)(H,32,35);(H,6,7)/t21?,22-,23+;. The Labute approximate surface area is 269 Å². The number of carbonyl (C=O) groups excluding carboxylic acids is 2. The highest BCUT2D eigenvalue weighted by atomic mass is 35.5. The number of carbonyl (C=O) groups is 3. The van der Waals surface area contributed by atoms with Crippen LogP contribution >= 0.6 is 11.6 Å². The quantitative estimate of drug-likeness (QED) is 0.348. The second kappa shape index (κ2) is 13.9. The maximum absolute atomic E-state index is 13.7. The van der Waals surface area contributed by atoms with E-state index in [1.807, 2.05) is 18.2 Å². The number of anilines is 1. The number of carboxylic acid groups (broad SMARTS) is 1. The first-order valence-corrected chi connectivity index (χ1v) is 16.8. The molecule has 11 nitrogen and oxygen atoms in total. The van der Waals surface area contributed by atoms with Crippen molar-refractivity contribution in [2.24, 2.45) is 0 Å². The molecule has 2 amide bonds. The van der Waals surface area contributed by atoms with E-state index in [9.17, 15) is 31.2 Å².